The predicted molar refractivity (Wildman–Crippen MR) is 60.7 cm³/mol. The van der Waals surface area contributed by atoms with Gasteiger partial charge in [-0.3, -0.25) is 4.79 Å². The van der Waals surface area contributed by atoms with Crippen LogP contribution in [0.3, 0.4) is 0 Å². The molecule has 15 heavy (non-hydrogen) atoms. The van der Waals surface area contributed by atoms with E-state index in [2.05, 4.69) is 15.6 Å². The smallest absolute Gasteiger partial charge is 0.222 e. The zero-order chi connectivity index (χ0) is 11.1. The Morgan fingerprint density at radius 2 is 2.33 bits per heavy atom. The molecule has 0 saturated heterocycles. The molecule has 0 aliphatic heterocycles. The first-order chi connectivity index (χ1) is 7.22. The Morgan fingerprint density at radius 1 is 1.53 bits per heavy atom. The second-order valence-corrected chi connectivity index (χ2v) is 3.18. The van der Waals surface area contributed by atoms with Crippen molar-refractivity contribution in [1.29, 1.82) is 0 Å². The second-order valence-electron chi connectivity index (χ2n) is 3.18. The second kappa shape index (κ2) is 5.98. The molecule has 0 unspecified atom stereocenters. The van der Waals surface area contributed by atoms with Crippen LogP contribution in [0.25, 0.3) is 0 Å². The molecule has 82 valence electrons. The van der Waals surface area contributed by atoms with Crippen LogP contribution in [-0.2, 0) is 4.79 Å². The van der Waals surface area contributed by atoms with Crippen LogP contribution < -0.4 is 16.4 Å². The average molecular weight is 208 g/mol. The number of hydrogen-bond acceptors (Lipinski definition) is 4. The zero-order valence-electron chi connectivity index (χ0n) is 8.79. The summed E-state index contributed by atoms with van der Waals surface area (Å²) in [5.74, 6) is 0.443. The van der Waals surface area contributed by atoms with Gasteiger partial charge in [0.15, 0.2) is 0 Å². The molecule has 1 amide bonds. The number of carbonyl (C=O) groups excluding carboxylic acids is 1. The monoisotopic (exact) mass is 208 g/mol. The van der Waals surface area contributed by atoms with E-state index >= 15 is 0 Å². The van der Waals surface area contributed by atoms with Crippen LogP contribution in [0.15, 0.2) is 18.3 Å². The molecule has 1 aromatic rings. The zero-order valence-corrected chi connectivity index (χ0v) is 8.79. The van der Waals surface area contributed by atoms with Crippen molar-refractivity contribution in [2.45, 2.75) is 13.3 Å². The fraction of sp³-hybridized carbons (Fsp3) is 0.400. The number of rotatable bonds is 5. The first-order valence-corrected chi connectivity index (χ1v) is 4.90. The van der Waals surface area contributed by atoms with Crippen LogP contribution in [0.1, 0.15) is 13.3 Å². The highest BCUT2D eigenvalue weighted by Gasteiger charge is 1.96. The van der Waals surface area contributed by atoms with Crippen molar-refractivity contribution in [3.8, 4) is 0 Å². The lowest BCUT2D eigenvalue weighted by molar-refractivity contribution is -0.114. The van der Waals surface area contributed by atoms with Gasteiger partial charge in [0.25, 0.3) is 0 Å². The number of amides is 1. The van der Waals surface area contributed by atoms with E-state index in [1.54, 1.807) is 12.3 Å². The van der Waals surface area contributed by atoms with E-state index in [1.165, 1.54) is 6.92 Å². The third-order valence-corrected chi connectivity index (χ3v) is 1.78. The molecule has 0 aliphatic rings. The molecule has 0 atom stereocenters. The van der Waals surface area contributed by atoms with Crippen molar-refractivity contribution in [2.24, 2.45) is 5.73 Å². The van der Waals surface area contributed by atoms with E-state index < -0.39 is 0 Å². The number of nitrogens with two attached hydrogens (primary N) is 1. The highest BCUT2D eigenvalue weighted by atomic mass is 16.1. The molecule has 0 saturated carbocycles. The van der Waals surface area contributed by atoms with Gasteiger partial charge in [-0.25, -0.2) is 4.98 Å². The molecule has 0 radical (unpaired) electrons. The summed E-state index contributed by atoms with van der Waals surface area (Å²) < 4.78 is 0. The molecule has 1 rings (SSSR count). The van der Waals surface area contributed by atoms with Gasteiger partial charge in [-0.2, -0.15) is 0 Å². The van der Waals surface area contributed by atoms with Gasteiger partial charge in [0.05, 0.1) is 11.9 Å². The van der Waals surface area contributed by atoms with Crippen LogP contribution >= 0.6 is 0 Å². The normalized spacial score (nSPS) is 9.73. The van der Waals surface area contributed by atoms with Crippen molar-refractivity contribution in [3.05, 3.63) is 18.3 Å². The van der Waals surface area contributed by atoms with Gasteiger partial charge in [0.1, 0.15) is 5.82 Å². The van der Waals surface area contributed by atoms with Gasteiger partial charge in [-0.1, -0.05) is 0 Å². The largest absolute Gasteiger partial charge is 0.384 e. The summed E-state index contributed by atoms with van der Waals surface area (Å²) >= 11 is 0. The number of hydrogen-bond donors (Lipinski definition) is 3. The van der Waals surface area contributed by atoms with Crippen LogP contribution in [0, 0.1) is 0 Å². The summed E-state index contributed by atoms with van der Waals surface area (Å²) in [5, 5.41) is 5.77. The standard InChI is InChI=1S/C10H16N4O/c1-8(15)14-10-4-3-9(7-13-10)12-6-2-5-11/h3-4,7,12H,2,5-6,11H2,1H3,(H,13,14,15). The minimum atomic E-state index is -0.119. The Hall–Kier alpha value is -1.62. The molecule has 0 aliphatic carbocycles. The van der Waals surface area contributed by atoms with E-state index in [4.69, 9.17) is 5.73 Å². The van der Waals surface area contributed by atoms with Crippen LogP contribution in [-0.4, -0.2) is 24.0 Å². The summed E-state index contributed by atoms with van der Waals surface area (Å²) in [5.41, 5.74) is 6.30. The van der Waals surface area contributed by atoms with Gasteiger partial charge in [-0.05, 0) is 25.1 Å². The molecule has 1 aromatic heterocycles. The van der Waals surface area contributed by atoms with Gasteiger partial charge in [0.2, 0.25) is 5.91 Å². The minimum absolute atomic E-state index is 0.119. The van der Waals surface area contributed by atoms with Crippen molar-refractivity contribution < 1.29 is 4.79 Å². The number of anilines is 2. The Labute approximate surface area is 89.1 Å². The minimum Gasteiger partial charge on any atom is -0.384 e. The Kier molecular flexibility index (Phi) is 4.56. The molecular weight excluding hydrogens is 192 g/mol. The van der Waals surface area contributed by atoms with Gasteiger partial charge in [0, 0.05) is 13.5 Å². The SMILES string of the molecule is CC(=O)Nc1ccc(NCCCN)cn1. The molecule has 4 N–H and O–H groups in total. The fourth-order valence-electron chi connectivity index (χ4n) is 1.09. The lowest BCUT2D eigenvalue weighted by Gasteiger charge is -2.06. The molecule has 0 spiro atoms. The Balaban J connectivity index is 2.45. The maximum Gasteiger partial charge on any atom is 0.222 e. The van der Waals surface area contributed by atoms with Crippen LogP contribution in [0.4, 0.5) is 11.5 Å². The maximum atomic E-state index is 10.7. The van der Waals surface area contributed by atoms with Crippen LogP contribution in [0.2, 0.25) is 0 Å². The summed E-state index contributed by atoms with van der Waals surface area (Å²) in [6.07, 6.45) is 2.61. The molecule has 5 heteroatoms. The first-order valence-electron chi connectivity index (χ1n) is 4.90. The third kappa shape index (κ3) is 4.42. The molecule has 0 fully saturated rings. The van der Waals surface area contributed by atoms with Gasteiger partial charge in [-0.15, -0.1) is 0 Å². The quantitative estimate of drug-likeness (QED) is 0.625. The van der Waals surface area contributed by atoms with E-state index in [0.717, 1.165) is 18.7 Å². The molecular formula is C10H16N4O. The fourth-order valence-corrected chi connectivity index (χ4v) is 1.09. The predicted octanol–water partition coefficient (Wildman–Crippen LogP) is 0.801. The lowest BCUT2D eigenvalue weighted by atomic mass is 10.3. The average Bonchev–Trinajstić information content (AvgIpc) is 2.20. The Morgan fingerprint density at radius 3 is 2.87 bits per heavy atom. The van der Waals surface area contributed by atoms with Crippen LogP contribution in [0.5, 0.6) is 0 Å². The molecule has 0 bridgehead atoms. The van der Waals surface area contributed by atoms with E-state index in [0.29, 0.717) is 12.4 Å². The van der Waals surface area contributed by atoms with E-state index in [9.17, 15) is 4.79 Å². The van der Waals surface area contributed by atoms with Crippen molar-refractivity contribution in [1.82, 2.24) is 4.98 Å². The maximum absolute atomic E-state index is 10.7. The third-order valence-electron chi connectivity index (χ3n) is 1.78. The Bertz CT molecular complexity index is 310. The number of pyridine rings is 1. The van der Waals surface area contributed by atoms with Crippen molar-refractivity contribution >= 4 is 17.4 Å². The number of nitrogens with zero attached hydrogens (tertiary/aromatic N) is 1. The van der Waals surface area contributed by atoms with Gasteiger partial charge >= 0.3 is 0 Å². The first kappa shape index (κ1) is 11.5. The lowest BCUT2D eigenvalue weighted by Crippen LogP contribution is -2.09. The molecule has 5 nitrogen and oxygen atoms in total. The van der Waals surface area contributed by atoms with Crippen molar-refractivity contribution in [2.75, 3.05) is 23.7 Å². The summed E-state index contributed by atoms with van der Waals surface area (Å²) in [4.78, 5) is 14.8. The van der Waals surface area contributed by atoms with Gasteiger partial charge < -0.3 is 16.4 Å². The summed E-state index contributed by atoms with van der Waals surface area (Å²) in [6.45, 7) is 2.96. The summed E-state index contributed by atoms with van der Waals surface area (Å²) in [6, 6.07) is 3.63. The summed E-state index contributed by atoms with van der Waals surface area (Å²) in [7, 11) is 0. The van der Waals surface area contributed by atoms with E-state index in [1.807, 2.05) is 6.07 Å². The van der Waals surface area contributed by atoms with Crippen molar-refractivity contribution in [3.63, 3.8) is 0 Å². The van der Waals surface area contributed by atoms with E-state index in [-0.39, 0.29) is 5.91 Å². The number of nitrogens with one attached hydrogen (secondary N) is 2. The molecule has 1 heterocycles. The number of aromatic nitrogens is 1. The highest BCUT2D eigenvalue weighted by molar-refractivity contribution is 5.87. The topological polar surface area (TPSA) is 80.0 Å². The number of carbonyl (C=O) groups is 1. The highest BCUT2D eigenvalue weighted by Crippen LogP contribution is 2.09. The molecule has 0 aromatic carbocycles.